The van der Waals surface area contributed by atoms with E-state index in [0.29, 0.717) is 11.8 Å². The highest BCUT2D eigenvalue weighted by Gasteiger charge is 2.15. The van der Waals surface area contributed by atoms with Crippen LogP contribution >= 0.6 is 0 Å². The fraction of sp³-hybridized carbons (Fsp3) is 0.273. The molecule has 92 valence electrons. The van der Waals surface area contributed by atoms with Gasteiger partial charge in [-0.15, -0.1) is 10.2 Å². The summed E-state index contributed by atoms with van der Waals surface area (Å²) in [6.07, 6.45) is -0.671. The third kappa shape index (κ3) is 4.02. The van der Waals surface area contributed by atoms with E-state index in [1.807, 2.05) is 30.3 Å². The van der Waals surface area contributed by atoms with Gasteiger partial charge in [0.15, 0.2) is 0 Å². The van der Waals surface area contributed by atoms with Crippen LogP contribution in [0.15, 0.2) is 40.5 Å². The van der Waals surface area contributed by atoms with Crippen molar-refractivity contribution in [3.8, 4) is 0 Å². The van der Waals surface area contributed by atoms with E-state index in [9.17, 15) is 0 Å². The summed E-state index contributed by atoms with van der Waals surface area (Å²) in [5, 5.41) is 6.86. The molecule has 0 saturated heterocycles. The molecule has 0 aliphatic carbocycles. The van der Waals surface area contributed by atoms with Gasteiger partial charge in [-0.1, -0.05) is 30.3 Å². The first-order chi connectivity index (χ1) is 8.17. The Hall–Kier alpha value is -2.24. The number of hydrazone groups is 2. The first-order valence-electron chi connectivity index (χ1n) is 5.04. The highest BCUT2D eigenvalue weighted by atomic mass is 16.7. The molecule has 4 N–H and O–H groups in total. The second kappa shape index (κ2) is 6.37. The highest BCUT2D eigenvalue weighted by Crippen LogP contribution is 2.19. The van der Waals surface area contributed by atoms with Crippen LogP contribution in [0.1, 0.15) is 25.7 Å². The molecule has 1 aromatic carbocycles. The summed E-state index contributed by atoms with van der Waals surface area (Å²) in [4.78, 5) is 0. The molecule has 0 spiro atoms. The van der Waals surface area contributed by atoms with Crippen molar-refractivity contribution in [2.24, 2.45) is 21.9 Å². The van der Waals surface area contributed by atoms with Crippen LogP contribution in [0, 0.1) is 0 Å². The van der Waals surface area contributed by atoms with Crippen molar-refractivity contribution in [3.63, 3.8) is 0 Å². The third-order valence-electron chi connectivity index (χ3n) is 1.99. The molecule has 0 fully saturated rings. The summed E-state index contributed by atoms with van der Waals surface area (Å²) >= 11 is 0. The maximum atomic E-state index is 5.42. The molecule has 1 aromatic rings. The molecule has 0 aliphatic heterocycles. The van der Waals surface area contributed by atoms with Crippen molar-refractivity contribution < 1.29 is 9.47 Å². The Kier molecular flexibility index (Phi) is 4.80. The SMILES string of the molecule is CC(=NN)OC(OC(C)=NN)c1ccccc1. The molecular weight excluding hydrogens is 220 g/mol. The van der Waals surface area contributed by atoms with E-state index in [-0.39, 0.29) is 0 Å². The molecule has 17 heavy (non-hydrogen) atoms. The number of hydrogen-bond acceptors (Lipinski definition) is 6. The van der Waals surface area contributed by atoms with E-state index in [0.717, 1.165) is 5.56 Å². The Morgan fingerprint density at radius 1 is 1.00 bits per heavy atom. The maximum absolute atomic E-state index is 5.42. The lowest BCUT2D eigenvalue weighted by Crippen LogP contribution is -2.16. The van der Waals surface area contributed by atoms with Gasteiger partial charge < -0.3 is 21.2 Å². The molecule has 0 amide bonds. The number of rotatable bonds is 3. The molecule has 6 nitrogen and oxygen atoms in total. The van der Waals surface area contributed by atoms with Gasteiger partial charge in [-0.2, -0.15) is 0 Å². The summed E-state index contributed by atoms with van der Waals surface area (Å²) in [5.74, 6) is 10.8. The second-order valence-corrected chi connectivity index (χ2v) is 3.27. The van der Waals surface area contributed by atoms with Crippen LogP contribution in [0.4, 0.5) is 0 Å². The molecule has 1 rings (SSSR count). The van der Waals surface area contributed by atoms with Crippen molar-refractivity contribution in [2.45, 2.75) is 20.1 Å². The summed E-state index contributed by atoms with van der Waals surface area (Å²) in [7, 11) is 0. The number of hydrogen-bond donors (Lipinski definition) is 2. The molecule has 0 unspecified atom stereocenters. The third-order valence-corrected chi connectivity index (χ3v) is 1.99. The number of nitrogens with zero attached hydrogens (tertiary/aromatic N) is 2. The van der Waals surface area contributed by atoms with Gasteiger partial charge in [0.1, 0.15) is 0 Å². The molecule has 0 aromatic heterocycles. The first kappa shape index (κ1) is 12.8. The monoisotopic (exact) mass is 236 g/mol. The van der Waals surface area contributed by atoms with E-state index in [2.05, 4.69) is 10.2 Å². The van der Waals surface area contributed by atoms with Crippen molar-refractivity contribution in [1.29, 1.82) is 0 Å². The van der Waals surface area contributed by atoms with Crippen molar-refractivity contribution in [2.75, 3.05) is 0 Å². The molecule has 6 heteroatoms. The standard InChI is InChI=1S/C11H16N4O2/c1-8(14-12)16-11(17-9(2)15-13)10-6-4-3-5-7-10/h3-7,11H,12-13H2,1-2H3. The lowest BCUT2D eigenvalue weighted by Gasteiger charge is -2.19. The minimum atomic E-state index is -0.671. The smallest absolute Gasteiger partial charge is 0.270 e. The van der Waals surface area contributed by atoms with E-state index >= 15 is 0 Å². The van der Waals surface area contributed by atoms with Crippen LogP contribution in [0.5, 0.6) is 0 Å². The summed E-state index contributed by atoms with van der Waals surface area (Å²) in [6.45, 7) is 3.27. The van der Waals surface area contributed by atoms with E-state index < -0.39 is 6.29 Å². The van der Waals surface area contributed by atoms with Crippen molar-refractivity contribution in [1.82, 2.24) is 0 Å². The molecule has 0 aliphatic rings. The fourth-order valence-electron chi connectivity index (χ4n) is 1.14. The number of benzene rings is 1. The van der Waals surface area contributed by atoms with Gasteiger partial charge in [-0.3, -0.25) is 0 Å². The predicted octanol–water partition coefficient (Wildman–Crippen LogP) is 1.30. The minimum Gasteiger partial charge on any atom is -0.436 e. The fourth-order valence-corrected chi connectivity index (χ4v) is 1.14. The Balaban J connectivity index is 2.87. The Bertz CT molecular complexity index is 383. The van der Waals surface area contributed by atoms with Crippen molar-refractivity contribution in [3.05, 3.63) is 35.9 Å². The van der Waals surface area contributed by atoms with Gasteiger partial charge in [0.2, 0.25) is 11.8 Å². The largest absolute Gasteiger partial charge is 0.436 e. The van der Waals surface area contributed by atoms with E-state index in [4.69, 9.17) is 21.2 Å². The second-order valence-electron chi connectivity index (χ2n) is 3.27. The average molecular weight is 236 g/mol. The van der Waals surface area contributed by atoms with E-state index in [1.54, 1.807) is 13.8 Å². The summed E-state index contributed by atoms with van der Waals surface area (Å²) in [6, 6.07) is 9.36. The Labute approximate surface area is 99.9 Å². The van der Waals surface area contributed by atoms with Gasteiger partial charge in [-0.25, -0.2) is 0 Å². The molecular formula is C11H16N4O2. The number of ether oxygens (including phenoxy) is 2. The zero-order valence-corrected chi connectivity index (χ0v) is 9.83. The van der Waals surface area contributed by atoms with Crippen LogP contribution in [0.2, 0.25) is 0 Å². The van der Waals surface area contributed by atoms with Gasteiger partial charge in [0, 0.05) is 19.4 Å². The van der Waals surface area contributed by atoms with Crippen LogP contribution in [-0.4, -0.2) is 11.8 Å². The van der Waals surface area contributed by atoms with Crippen LogP contribution in [0.25, 0.3) is 0 Å². The zero-order chi connectivity index (χ0) is 12.7. The lowest BCUT2D eigenvalue weighted by atomic mass is 10.2. The van der Waals surface area contributed by atoms with Gasteiger partial charge in [-0.05, 0) is 0 Å². The topological polar surface area (TPSA) is 95.2 Å². The quantitative estimate of drug-likeness (QED) is 0.272. The summed E-state index contributed by atoms with van der Waals surface area (Å²) in [5.41, 5.74) is 0.818. The van der Waals surface area contributed by atoms with Gasteiger partial charge in [0.05, 0.1) is 0 Å². The van der Waals surface area contributed by atoms with Gasteiger partial charge >= 0.3 is 0 Å². The van der Waals surface area contributed by atoms with Crippen LogP contribution in [0.3, 0.4) is 0 Å². The minimum absolute atomic E-state index is 0.309. The van der Waals surface area contributed by atoms with Gasteiger partial charge in [0.25, 0.3) is 6.29 Å². The normalized spacial score (nSPS) is 14.2. The summed E-state index contributed by atoms with van der Waals surface area (Å²) < 4.78 is 10.8. The molecule has 0 saturated carbocycles. The number of nitrogens with two attached hydrogens (primary N) is 2. The van der Waals surface area contributed by atoms with Crippen LogP contribution < -0.4 is 11.7 Å². The molecule has 0 atom stereocenters. The lowest BCUT2D eigenvalue weighted by molar-refractivity contribution is -0.0192. The molecule has 0 radical (unpaired) electrons. The van der Waals surface area contributed by atoms with Crippen molar-refractivity contribution >= 4 is 11.8 Å². The Morgan fingerprint density at radius 3 is 1.88 bits per heavy atom. The highest BCUT2D eigenvalue weighted by molar-refractivity contribution is 5.74. The van der Waals surface area contributed by atoms with Crippen LogP contribution in [-0.2, 0) is 9.47 Å². The average Bonchev–Trinajstić information content (AvgIpc) is 2.38. The Morgan fingerprint density at radius 2 is 1.47 bits per heavy atom. The maximum Gasteiger partial charge on any atom is 0.270 e. The first-order valence-corrected chi connectivity index (χ1v) is 5.04. The predicted molar refractivity (Wildman–Crippen MR) is 65.9 cm³/mol. The molecule has 0 heterocycles. The zero-order valence-electron chi connectivity index (χ0n) is 9.83. The molecule has 0 bridgehead atoms. The van der Waals surface area contributed by atoms with E-state index in [1.165, 1.54) is 0 Å².